The Hall–Kier alpha value is -2.51. The van der Waals surface area contributed by atoms with Crippen LogP contribution in [0, 0.1) is 0 Å². The highest BCUT2D eigenvalue weighted by Gasteiger charge is 2.29. The van der Waals surface area contributed by atoms with Crippen molar-refractivity contribution in [3.05, 3.63) is 59.7 Å². The van der Waals surface area contributed by atoms with Crippen molar-refractivity contribution in [2.45, 2.75) is 44.2 Å². The van der Waals surface area contributed by atoms with Gasteiger partial charge >= 0.3 is 12.1 Å². The Morgan fingerprint density at radius 3 is 2.22 bits per heavy atom. The normalized spacial score (nSPS) is 13.8. The summed E-state index contributed by atoms with van der Waals surface area (Å²) in [6, 6.07) is 15.2. The van der Waals surface area contributed by atoms with Gasteiger partial charge in [-0.3, -0.25) is 0 Å². The Morgan fingerprint density at radius 2 is 1.66 bits per heavy atom. The average molecular weight is 458 g/mol. The number of carboxylic acids is 1. The zero-order valence-electron chi connectivity index (χ0n) is 18.8. The van der Waals surface area contributed by atoms with Crippen LogP contribution in [-0.2, 0) is 14.3 Å². The second-order valence-corrected chi connectivity index (χ2v) is 9.70. The third-order valence-corrected chi connectivity index (χ3v) is 6.90. The van der Waals surface area contributed by atoms with Gasteiger partial charge in [0, 0.05) is 13.0 Å². The van der Waals surface area contributed by atoms with Crippen LogP contribution in [0.4, 0.5) is 4.79 Å². The number of rotatable bonds is 11. The van der Waals surface area contributed by atoms with Gasteiger partial charge in [-0.05, 0) is 60.4 Å². The first-order valence-corrected chi connectivity index (χ1v) is 11.9. The Balaban J connectivity index is 1.50. The molecule has 0 heterocycles. The van der Waals surface area contributed by atoms with Gasteiger partial charge in [0.2, 0.25) is 0 Å². The molecule has 2 aromatic rings. The van der Waals surface area contributed by atoms with Crippen molar-refractivity contribution in [2.75, 3.05) is 25.2 Å². The van der Waals surface area contributed by atoms with Crippen molar-refractivity contribution in [3.8, 4) is 11.1 Å². The summed E-state index contributed by atoms with van der Waals surface area (Å²) < 4.78 is 10.9. The van der Waals surface area contributed by atoms with Crippen molar-refractivity contribution in [1.82, 2.24) is 5.32 Å². The van der Waals surface area contributed by atoms with Crippen LogP contribution in [0.2, 0.25) is 0 Å². The van der Waals surface area contributed by atoms with E-state index in [1.807, 2.05) is 50.2 Å². The first-order chi connectivity index (χ1) is 15.3. The van der Waals surface area contributed by atoms with Crippen molar-refractivity contribution < 1.29 is 24.2 Å². The number of aliphatic carboxylic acids is 1. The number of methoxy groups -OCH3 is 1. The van der Waals surface area contributed by atoms with E-state index in [2.05, 4.69) is 17.4 Å². The summed E-state index contributed by atoms with van der Waals surface area (Å²) in [4.78, 5) is 24.0. The lowest BCUT2D eigenvalue weighted by Gasteiger charge is -2.22. The van der Waals surface area contributed by atoms with Gasteiger partial charge < -0.3 is 19.9 Å². The number of ether oxygens (including phenoxy) is 2. The molecule has 3 rings (SSSR count). The predicted octanol–water partition coefficient (Wildman–Crippen LogP) is 4.92. The van der Waals surface area contributed by atoms with Gasteiger partial charge in [-0.25, -0.2) is 9.59 Å². The molecule has 1 amide bonds. The van der Waals surface area contributed by atoms with Crippen molar-refractivity contribution >= 4 is 23.8 Å². The number of carboxylic acid groups (broad SMARTS) is 1. The third-order valence-electron chi connectivity index (χ3n) is 5.89. The number of fused-ring (bicyclic) bond motifs is 3. The fourth-order valence-electron chi connectivity index (χ4n) is 3.76. The van der Waals surface area contributed by atoms with Gasteiger partial charge in [0.15, 0.2) is 0 Å². The van der Waals surface area contributed by atoms with Crippen LogP contribution in [-0.4, -0.2) is 54.0 Å². The number of amides is 1. The van der Waals surface area contributed by atoms with Gasteiger partial charge in [0.05, 0.1) is 5.60 Å². The van der Waals surface area contributed by atoms with E-state index in [1.165, 1.54) is 0 Å². The van der Waals surface area contributed by atoms with E-state index in [0.29, 0.717) is 12.2 Å². The molecular weight excluding hydrogens is 426 g/mol. The van der Waals surface area contributed by atoms with Crippen molar-refractivity contribution in [1.29, 1.82) is 0 Å². The van der Waals surface area contributed by atoms with E-state index in [9.17, 15) is 14.7 Å². The van der Waals surface area contributed by atoms with E-state index in [0.717, 1.165) is 34.4 Å². The molecule has 0 radical (unpaired) electrons. The van der Waals surface area contributed by atoms with E-state index in [1.54, 1.807) is 18.9 Å². The molecule has 6 nitrogen and oxygen atoms in total. The number of benzene rings is 2. The highest BCUT2D eigenvalue weighted by Crippen LogP contribution is 2.44. The third kappa shape index (κ3) is 6.04. The van der Waals surface area contributed by atoms with Crippen LogP contribution in [0.3, 0.4) is 0 Å². The summed E-state index contributed by atoms with van der Waals surface area (Å²) in [7, 11) is 1.68. The minimum absolute atomic E-state index is 0.0591. The number of nitrogens with one attached hydrogen (secondary N) is 1. The second kappa shape index (κ2) is 10.9. The predicted molar refractivity (Wildman–Crippen MR) is 127 cm³/mol. The quantitative estimate of drug-likeness (QED) is 0.466. The summed E-state index contributed by atoms with van der Waals surface area (Å²) in [6.45, 7) is 4.20. The maximum absolute atomic E-state index is 12.4. The Bertz CT molecular complexity index is 900. The van der Waals surface area contributed by atoms with Crippen LogP contribution in [0.1, 0.15) is 43.7 Å². The van der Waals surface area contributed by atoms with Crippen molar-refractivity contribution in [3.63, 3.8) is 0 Å². The Kier molecular flexibility index (Phi) is 8.21. The number of thioether (sulfide) groups is 1. The van der Waals surface area contributed by atoms with Crippen LogP contribution >= 0.6 is 11.8 Å². The van der Waals surface area contributed by atoms with E-state index in [-0.39, 0.29) is 18.1 Å². The fraction of sp³-hybridized carbons (Fsp3) is 0.440. The highest BCUT2D eigenvalue weighted by molar-refractivity contribution is 7.99. The summed E-state index contributed by atoms with van der Waals surface area (Å²) in [5.74, 6) is 0.367. The van der Waals surface area contributed by atoms with E-state index < -0.39 is 18.1 Å². The molecule has 32 heavy (non-hydrogen) atoms. The molecule has 2 aromatic carbocycles. The molecule has 0 bridgehead atoms. The Morgan fingerprint density at radius 1 is 1.06 bits per heavy atom. The standard InChI is InChI=1S/C25H31NO5S/c1-25(2,30-3)13-15-32-14-12-22(23(27)28)26-24(29)31-16-21-19-10-6-4-8-17(19)18-9-5-7-11-20(18)21/h4-11,21-22H,12-16H2,1-3H3,(H,26,29)(H,27,28). The van der Waals surface area contributed by atoms with E-state index >= 15 is 0 Å². The zero-order valence-corrected chi connectivity index (χ0v) is 19.6. The van der Waals surface area contributed by atoms with Crippen molar-refractivity contribution in [2.24, 2.45) is 0 Å². The SMILES string of the molecule is COC(C)(C)CCSCCC(NC(=O)OCC1c2ccccc2-c2ccccc21)C(=O)O. The molecule has 1 unspecified atom stereocenters. The number of carbonyl (C=O) groups excluding carboxylic acids is 1. The minimum atomic E-state index is -1.06. The lowest BCUT2D eigenvalue weighted by atomic mass is 9.98. The van der Waals surface area contributed by atoms with Gasteiger partial charge in [-0.1, -0.05) is 48.5 Å². The molecule has 0 aliphatic heterocycles. The maximum atomic E-state index is 12.4. The number of hydrogen-bond donors (Lipinski definition) is 2. The lowest BCUT2D eigenvalue weighted by molar-refractivity contribution is -0.139. The summed E-state index contributed by atoms with van der Waals surface area (Å²) in [5.41, 5.74) is 4.33. The molecule has 0 saturated heterocycles. The number of carbonyl (C=O) groups is 2. The minimum Gasteiger partial charge on any atom is -0.480 e. The first kappa shape index (κ1) is 24.1. The molecule has 1 atom stereocenters. The van der Waals surface area contributed by atoms with Crippen LogP contribution in [0.15, 0.2) is 48.5 Å². The molecule has 7 heteroatoms. The first-order valence-electron chi connectivity index (χ1n) is 10.8. The van der Waals surface area contributed by atoms with Crippen LogP contribution in [0.25, 0.3) is 11.1 Å². The van der Waals surface area contributed by atoms with Gasteiger partial charge in [0.1, 0.15) is 12.6 Å². The number of hydrogen-bond acceptors (Lipinski definition) is 5. The molecule has 172 valence electrons. The summed E-state index contributed by atoms with van der Waals surface area (Å²) in [6.07, 6.45) is 0.494. The molecule has 1 aliphatic carbocycles. The molecule has 2 N–H and O–H groups in total. The van der Waals surface area contributed by atoms with E-state index in [4.69, 9.17) is 9.47 Å². The largest absolute Gasteiger partial charge is 0.480 e. The number of alkyl carbamates (subject to hydrolysis) is 1. The van der Waals surface area contributed by atoms with Gasteiger partial charge in [-0.15, -0.1) is 0 Å². The molecule has 0 fully saturated rings. The fourth-order valence-corrected chi connectivity index (χ4v) is 5.01. The smallest absolute Gasteiger partial charge is 0.407 e. The lowest BCUT2D eigenvalue weighted by Crippen LogP contribution is -2.41. The maximum Gasteiger partial charge on any atom is 0.407 e. The molecule has 1 aliphatic rings. The van der Waals surface area contributed by atoms with Gasteiger partial charge in [0.25, 0.3) is 0 Å². The van der Waals surface area contributed by atoms with Crippen LogP contribution in [0.5, 0.6) is 0 Å². The average Bonchev–Trinajstić information content (AvgIpc) is 3.10. The van der Waals surface area contributed by atoms with Crippen LogP contribution < -0.4 is 5.32 Å². The summed E-state index contributed by atoms with van der Waals surface area (Å²) >= 11 is 1.65. The summed E-state index contributed by atoms with van der Waals surface area (Å²) in [5, 5.41) is 12.0. The van der Waals surface area contributed by atoms with Gasteiger partial charge in [-0.2, -0.15) is 11.8 Å². The molecule has 0 spiro atoms. The molecular formula is C25H31NO5S. The molecule has 0 saturated carbocycles. The highest BCUT2D eigenvalue weighted by atomic mass is 32.2. The second-order valence-electron chi connectivity index (χ2n) is 8.48. The topological polar surface area (TPSA) is 84.9 Å². The zero-order chi connectivity index (χ0) is 23.1. The Labute approximate surface area is 193 Å². The monoisotopic (exact) mass is 457 g/mol. The molecule has 0 aromatic heterocycles.